The minimum absolute atomic E-state index is 0.127. The maximum Gasteiger partial charge on any atom is 0.236 e. The van der Waals surface area contributed by atoms with Crippen LogP contribution < -0.4 is 4.90 Å². The van der Waals surface area contributed by atoms with Crippen LogP contribution in [0.15, 0.2) is 42.5 Å². The van der Waals surface area contributed by atoms with E-state index in [2.05, 4.69) is 28.8 Å². The molecular weight excluding hydrogens is 310 g/mol. The van der Waals surface area contributed by atoms with E-state index in [1.54, 1.807) is 4.90 Å². The first-order chi connectivity index (χ1) is 11.9. The molecule has 0 radical (unpaired) electrons. The standard InChI is InChI=1S/C21H21N3O/c1-21(2)15-12-18-16(13-17(15)24(4)20(21)25)22-19(23(18)3)11-10-14-8-6-5-7-9-14/h5-13H,1-4H3/b11-10+. The summed E-state index contributed by atoms with van der Waals surface area (Å²) in [5.41, 5.74) is 4.62. The van der Waals surface area contributed by atoms with Crippen molar-refractivity contribution < 1.29 is 4.79 Å². The second kappa shape index (κ2) is 5.31. The number of aromatic nitrogens is 2. The molecule has 0 saturated carbocycles. The zero-order chi connectivity index (χ0) is 17.8. The molecule has 0 N–H and O–H groups in total. The summed E-state index contributed by atoms with van der Waals surface area (Å²) >= 11 is 0. The number of nitrogens with zero attached hydrogens (tertiary/aromatic N) is 3. The van der Waals surface area contributed by atoms with Crippen LogP contribution in [-0.4, -0.2) is 22.5 Å². The third-order valence-electron chi connectivity index (χ3n) is 5.13. The van der Waals surface area contributed by atoms with Crippen LogP contribution in [0.2, 0.25) is 0 Å². The van der Waals surface area contributed by atoms with Gasteiger partial charge in [-0.05, 0) is 43.2 Å². The van der Waals surface area contributed by atoms with Crippen LogP contribution in [0.1, 0.15) is 30.8 Å². The molecule has 1 aliphatic heterocycles. The normalized spacial score (nSPS) is 16.2. The van der Waals surface area contributed by atoms with Gasteiger partial charge in [0.05, 0.1) is 16.4 Å². The van der Waals surface area contributed by atoms with E-state index in [0.717, 1.165) is 33.7 Å². The van der Waals surface area contributed by atoms with E-state index in [9.17, 15) is 4.79 Å². The summed E-state index contributed by atoms with van der Waals surface area (Å²) in [6.45, 7) is 3.96. The lowest BCUT2D eigenvalue weighted by molar-refractivity contribution is -0.121. The van der Waals surface area contributed by atoms with Crippen molar-refractivity contribution >= 4 is 34.8 Å². The van der Waals surface area contributed by atoms with Crippen molar-refractivity contribution in [1.82, 2.24) is 9.55 Å². The molecule has 0 fully saturated rings. The minimum Gasteiger partial charge on any atom is -0.328 e. The number of carbonyl (C=O) groups excluding carboxylic acids is 1. The number of aryl methyl sites for hydroxylation is 1. The van der Waals surface area contributed by atoms with Gasteiger partial charge in [0.25, 0.3) is 0 Å². The van der Waals surface area contributed by atoms with Gasteiger partial charge in [0.1, 0.15) is 5.82 Å². The first-order valence-electron chi connectivity index (χ1n) is 8.42. The highest BCUT2D eigenvalue weighted by Crippen LogP contribution is 2.42. The average molecular weight is 331 g/mol. The third-order valence-corrected chi connectivity index (χ3v) is 5.13. The lowest BCUT2D eigenvalue weighted by atomic mass is 9.86. The van der Waals surface area contributed by atoms with Crippen LogP contribution in [0.25, 0.3) is 23.2 Å². The second-order valence-corrected chi connectivity index (χ2v) is 7.12. The number of fused-ring (bicyclic) bond motifs is 2. The molecule has 0 aliphatic carbocycles. The fourth-order valence-corrected chi connectivity index (χ4v) is 3.55. The summed E-state index contributed by atoms with van der Waals surface area (Å²) < 4.78 is 2.08. The largest absolute Gasteiger partial charge is 0.328 e. The molecule has 3 aromatic rings. The molecule has 0 spiro atoms. The van der Waals surface area contributed by atoms with E-state index in [1.165, 1.54) is 0 Å². The van der Waals surface area contributed by atoms with Crippen LogP contribution in [0.4, 0.5) is 5.69 Å². The summed E-state index contributed by atoms with van der Waals surface area (Å²) in [5, 5.41) is 0. The van der Waals surface area contributed by atoms with E-state index >= 15 is 0 Å². The SMILES string of the molecule is CN1C(=O)C(C)(C)c2cc3c(cc21)nc(/C=C/c1ccccc1)n3C. The molecule has 4 heteroatoms. The molecule has 4 nitrogen and oxygen atoms in total. The van der Waals surface area contributed by atoms with Crippen LogP contribution in [0, 0.1) is 0 Å². The van der Waals surface area contributed by atoms with E-state index in [1.807, 2.05) is 58.3 Å². The molecule has 0 saturated heterocycles. The Labute approximate surface area is 147 Å². The second-order valence-electron chi connectivity index (χ2n) is 7.12. The molecule has 2 aromatic carbocycles. The van der Waals surface area contributed by atoms with Crippen molar-refractivity contribution in [2.75, 3.05) is 11.9 Å². The fraction of sp³-hybridized carbons (Fsp3) is 0.238. The number of anilines is 1. The summed E-state index contributed by atoms with van der Waals surface area (Å²) in [7, 11) is 3.85. The lowest BCUT2D eigenvalue weighted by Gasteiger charge is -2.16. The Hall–Kier alpha value is -2.88. The minimum atomic E-state index is -0.497. The van der Waals surface area contributed by atoms with Crippen molar-refractivity contribution in [2.24, 2.45) is 7.05 Å². The van der Waals surface area contributed by atoms with Gasteiger partial charge in [-0.2, -0.15) is 0 Å². The predicted octanol–water partition coefficient (Wildman–Crippen LogP) is 4.00. The predicted molar refractivity (Wildman–Crippen MR) is 103 cm³/mol. The third kappa shape index (κ3) is 2.29. The Morgan fingerprint density at radius 2 is 1.76 bits per heavy atom. The van der Waals surface area contributed by atoms with Crippen molar-refractivity contribution in [3.63, 3.8) is 0 Å². The highest BCUT2D eigenvalue weighted by atomic mass is 16.2. The summed E-state index contributed by atoms with van der Waals surface area (Å²) in [6, 6.07) is 14.3. The van der Waals surface area contributed by atoms with Crippen molar-refractivity contribution in [1.29, 1.82) is 0 Å². The Morgan fingerprint density at radius 3 is 2.48 bits per heavy atom. The highest BCUT2D eigenvalue weighted by Gasteiger charge is 2.42. The van der Waals surface area contributed by atoms with Gasteiger partial charge in [0.2, 0.25) is 5.91 Å². The number of likely N-dealkylation sites (N-methyl/N-ethyl adjacent to an activating group) is 1. The monoisotopic (exact) mass is 331 g/mol. The first-order valence-corrected chi connectivity index (χ1v) is 8.42. The average Bonchev–Trinajstić information content (AvgIpc) is 3.01. The quantitative estimate of drug-likeness (QED) is 0.712. The van der Waals surface area contributed by atoms with Crippen LogP contribution in [0.3, 0.4) is 0 Å². The molecule has 25 heavy (non-hydrogen) atoms. The van der Waals surface area contributed by atoms with E-state index in [4.69, 9.17) is 4.98 Å². The Morgan fingerprint density at radius 1 is 1.04 bits per heavy atom. The molecule has 2 heterocycles. The van der Waals surface area contributed by atoms with Crippen LogP contribution in [0.5, 0.6) is 0 Å². The molecule has 126 valence electrons. The topological polar surface area (TPSA) is 38.1 Å². The van der Waals surface area contributed by atoms with Gasteiger partial charge >= 0.3 is 0 Å². The van der Waals surface area contributed by atoms with Gasteiger partial charge in [-0.25, -0.2) is 4.98 Å². The number of carbonyl (C=O) groups is 1. The Bertz CT molecular complexity index is 1010. The van der Waals surface area contributed by atoms with E-state index in [-0.39, 0.29) is 5.91 Å². The Kier molecular flexibility index (Phi) is 3.32. The summed E-state index contributed by atoms with van der Waals surface area (Å²) in [5.74, 6) is 1.02. The van der Waals surface area contributed by atoms with Crippen molar-refractivity contribution in [3.8, 4) is 0 Å². The maximum absolute atomic E-state index is 12.5. The first kappa shape index (κ1) is 15.6. The smallest absolute Gasteiger partial charge is 0.236 e. The summed E-state index contributed by atoms with van der Waals surface area (Å²) in [4.78, 5) is 19.0. The van der Waals surface area contributed by atoms with Crippen molar-refractivity contribution in [3.05, 3.63) is 59.4 Å². The number of amides is 1. The zero-order valence-electron chi connectivity index (χ0n) is 14.9. The zero-order valence-corrected chi connectivity index (χ0v) is 14.9. The van der Waals surface area contributed by atoms with Gasteiger partial charge in [0, 0.05) is 19.8 Å². The molecule has 4 rings (SSSR count). The fourth-order valence-electron chi connectivity index (χ4n) is 3.55. The number of rotatable bonds is 2. The van der Waals surface area contributed by atoms with Crippen molar-refractivity contribution in [2.45, 2.75) is 19.3 Å². The van der Waals surface area contributed by atoms with Gasteiger partial charge in [0.15, 0.2) is 0 Å². The lowest BCUT2D eigenvalue weighted by Crippen LogP contribution is -2.33. The maximum atomic E-state index is 12.5. The van der Waals surface area contributed by atoms with Gasteiger partial charge in [-0.3, -0.25) is 4.79 Å². The number of imidazole rings is 1. The van der Waals surface area contributed by atoms with Crippen LogP contribution in [-0.2, 0) is 17.3 Å². The molecule has 0 bridgehead atoms. The van der Waals surface area contributed by atoms with Gasteiger partial charge in [-0.15, -0.1) is 0 Å². The molecule has 1 amide bonds. The van der Waals surface area contributed by atoms with Crippen LogP contribution >= 0.6 is 0 Å². The molecule has 1 aliphatic rings. The molecule has 0 unspecified atom stereocenters. The van der Waals surface area contributed by atoms with E-state index < -0.39 is 5.41 Å². The number of hydrogen-bond acceptors (Lipinski definition) is 2. The Balaban J connectivity index is 1.82. The highest BCUT2D eigenvalue weighted by molar-refractivity contribution is 6.09. The number of benzene rings is 2. The molecular formula is C21H21N3O. The number of hydrogen-bond donors (Lipinski definition) is 0. The molecule has 1 aromatic heterocycles. The summed E-state index contributed by atoms with van der Waals surface area (Å²) in [6.07, 6.45) is 4.09. The van der Waals surface area contributed by atoms with E-state index in [0.29, 0.717) is 0 Å². The van der Waals surface area contributed by atoms with Gasteiger partial charge in [-0.1, -0.05) is 36.4 Å². The molecule has 0 atom stereocenters. The van der Waals surface area contributed by atoms with Gasteiger partial charge < -0.3 is 9.47 Å².